The lowest BCUT2D eigenvalue weighted by atomic mass is 10.1. The van der Waals surface area contributed by atoms with E-state index in [2.05, 4.69) is 10.6 Å². The monoisotopic (exact) mass is 494 g/mol. The Morgan fingerprint density at radius 2 is 1.78 bits per heavy atom. The van der Waals surface area contributed by atoms with Crippen LogP contribution in [0.15, 0.2) is 30.3 Å². The van der Waals surface area contributed by atoms with Crippen molar-refractivity contribution in [1.82, 2.24) is 16.2 Å². The minimum Gasteiger partial charge on any atom is -0.395 e. The Hall–Kier alpha value is -2.54. The van der Waals surface area contributed by atoms with Gasteiger partial charge in [-0.3, -0.25) is 10.2 Å². The van der Waals surface area contributed by atoms with Crippen molar-refractivity contribution in [2.45, 2.75) is 0 Å². The molecular formula is C16H14F3IN4O3. The Morgan fingerprint density at radius 3 is 2.44 bits per heavy atom. The number of hydrogen-bond donors (Lipinski definition) is 5. The maximum atomic E-state index is 14.2. The van der Waals surface area contributed by atoms with Crippen molar-refractivity contribution >= 4 is 45.9 Å². The number of benzene rings is 2. The predicted molar refractivity (Wildman–Crippen MR) is 99.8 cm³/mol. The predicted octanol–water partition coefficient (Wildman–Crippen LogP) is 2.39. The number of carbonyl (C=O) groups excluding carboxylic acids is 2. The molecule has 0 bridgehead atoms. The first kappa shape index (κ1) is 20.8. The van der Waals surface area contributed by atoms with E-state index in [-0.39, 0.29) is 24.4 Å². The third-order valence-corrected chi connectivity index (χ3v) is 3.89. The lowest BCUT2D eigenvalue weighted by Crippen LogP contribution is -2.47. The van der Waals surface area contributed by atoms with Crippen LogP contribution >= 0.6 is 22.6 Å². The molecule has 2 rings (SSSR count). The highest BCUT2D eigenvalue weighted by atomic mass is 127. The Kier molecular flexibility index (Phi) is 7.24. The minimum atomic E-state index is -1.38. The molecule has 0 saturated carbocycles. The summed E-state index contributed by atoms with van der Waals surface area (Å²) in [6, 6.07) is 4.91. The third-order valence-electron chi connectivity index (χ3n) is 3.22. The van der Waals surface area contributed by atoms with Crippen molar-refractivity contribution in [3.63, 3.8) is 0 Å². The average Bonchev–Trinajstić information content (AvgIpc) is 2.63. The van der Waals surface area contributed by atoms with Gasteiger partial charge in [0.05, 0.1) is 23.5 Å². The molecule has 2 aromatic carbocycles. The van der Waals surface area contributed by atoms with Gasteiger partial charge in [-0.2, -0.15) is 0 Å². The molecule has 0 atom stereocenters. The highest BCUT2D eigenvalue weighted by Crippen LogP contribution is 2.28. The van der Waals surface area contributed by atoms with Crippen LogP contribution in [0.1, 0.15) is 10.4 Å². The average molecular weight is 494 g/mol. The Morgan fingerprint density at radius 1 is 1.04 bits per heavy atom. The van der Waals surface area contributed by atoms with Gasteiger partial charge >= 0.3 is 6.03 Å². The van der Waals surface area contributed by atoms with Crippen molar-refractivity contribution in [3.8, 4) is 0 Å². The SMILES string of the molecule is O=C(NCCO)NNC(=O)c1ccc(F)c(F)c1Nc1ccc(I)cc1F. The van der Waals surface area contributed by atoms with Gasteiger partial charge in [0.15, 0.2) is 11.6 Å². The van der Waals surface area contributed by atoms with E-state index in [9.17, 15) is 22.8 Å². The van der Waals surface area contributed by atoms with Gasteiger partial charge in [0.25, 0.3) is 5.91 Å². The fraction of sp³-hybridized carbons (Fsp3) is 0.125. The topological polar surface area (TPSA) is 102 Å². The fourth-order valence-corrected chi connectivity index (χ4v) is 2.44. The van der Waals surface area contributed by atoms with Crippen LogP contribution in [0.3, 0.4) is 0 Å². The maximum Gasteiger partial charge on any atom is 0.333 e. The van der Waals surface area contributed by atoms with E-state index < -0.39 is 35.1 Å². The number of urea groups is 1. The molecule has 5 N–H and O–H groups in total. The summed E-state index contributed by atoms with van der Waals surface area (Å²) in [5.74, 6) is -4.32. The lowest BCUT2D eigenvalue weighted by molar-refractivity contribution is 0.0936. The first-order chi connectivity index (χ1) is 12.8. The summed E-state index contributed by atoms with van der Waals surface area (Å²) < 4.78 is 42.4. The minimum absolute atomic E-state index is 0.0498. The largest absolute Gasteiger partial charge is 0.395 e. The third kappa shape index (κ3) is 5.47. The van der Waals surface area contributed by atoms with Gasteiger partial charge in [-0.1, -0.05) is 0 Å². The van der Waals surface area contributed by atoms with Crippen molar-refractivity contribution in [1.29, 1.82) is 0 Å². The molecule has 3 amide bonds. The molecule has 0 aromatic heterocycles. The molecule has 0 aliphatic heterocycles. The van der Waals surface area contributed by atoms with Crippen molar-refractivity contribution in [2.24, 2.45) is 0 Å². The molecule has 144 valence electrons. The standard InChI is InChI=1S/C16H14F3IN4O3/c17-10-3-2-9(15(26)23-24-16(27)21-5-6-25)14(13(10)19)22-12-4-1-8(20)7-11(12)18/h1-4,7,22,25H,5-6H2,(H,23,26)(H2,21,24,27). The van der Waals surface area contributed by atoms with E-state index in [0.717, 1.165) is 12.1 Å². The number of aliphatic hydroxyl groups excluding tert-OH is 1. The zero-order valence-electron chi connectivity index (χ0n) is 13.6. The Bertz CT molecular complexity index is 867. The van der Waals surface area contributed by atoms with Gasteiger partial charge in [0, 0.05) is 10.1 Å². The van der Waals surface area contributed by atoms with Crippen LogP contribution in [-0.2, 0) is 0 Å². The van der Waals surface area contributed by atoms with Crippen LogP contribution < -0.4 is 21.5 Å². The number of hydrogen-bond acceptors (Lipinski definition) is 4. The molecule has 0 unspecified atom stereocenters. The van der Waals surface area contributed by atoms with Gasteiger partial charge < -0.3 is 15.7 Å². The molecule has 0 saturated heterocycles. The summed E-state index contributed by atoms with van der Waals surface area (Å²) in [6.45, 7) is -0.355. The molecule has 0 heterocycles. The number of nitrogens with one attached hydrogen (secondary N) is 4. The number of aliphatic hydroxyl groups is 1. The van der Waals surface area contributed by atoms with Crippen molar-refractivity contribution < 1.29 is 27.9 Å². The number of amides is 3. The maximum absolute atomic E-state index is 14.2. The Labute approximate surface area is 165 Å². The van der Waals surface area contributed by atoms with Crippen LogP contribution in [0.5, 0.6) is 0 Å². The van der Waals surface area contributed by atoms with Crippen molar-refractivity contribution in [2.75, 3.05) is 18.5 Å². The number of rotatable bonds is 5. The molecule has 2 aromatic rings. The first-order valence-corrected chi connectivity index (χ1v) is 8.56. The van der Waals surface area contributed by atoms with Crippen LogP contribution in [0.4, 0.5) is 29.3 Å². The quantitative estimate of drug-likeness (QED) is 0.326. The summed E-state index contributed by atoms with van der Waals surface area (Å²) >= 11 is 1.88. The second kappa shape index (κ2) is 9.41. The first-order valence-electron chi connectivity index (χ1n) is 7.48. The second-order valence-electron chi connectivity index (χ2n) is 5.09. The van der Waals surface area contributed by atoms with Crippen LogP contribution in [-0.4, -0.2) is 30.2 Å². The molecule has 0 radical (unpaired) electrons. The molecule has 0 fully saturated rings. The summed E-state index contributed by atoms with van der Waals surface area (Å²) in [5, 5.41) is 13.2. The van der Waals surface area contributed by atoms with E-state index in [1.165, 1.54) is 18.2 Å². The van der Waals surface area contributed by atoms with Crippen LogP contribution in [0, 0.1) is 21.0 Å². The Balaban J connectivity index is 2.25. The zero-order chi connectivity index (χ0) is 20.0. The fourth-order valence-electron chi connectivity index (χ4n) is 1.98. The number of halogens is 4. The second-order valence-corrected chi connectivity index (χ2v) is 6.34. The molecule has 0 spiro atoms. The summed E-state index contributed by atoms with van der Waals surface area (Å²) in [4.78, 5) is 23.6. The molecular weight excluding hydrogens is 480 g/mol. The summed E-state index contributed by atoms with van der Waals surface area (Å²) in [5.41, 5.74) is 2.85. The summed E-state index contributed by atoms with van der Waals surface area (Å²) in [6.07, 6.45) is 0. The highest BCUT2D eigenvalue weighted by Gasteiger charge is 2.20. The van der Waals surface area contributed by atoms with E-state index in [4.69, 9.17) is 5.11 Å². The smallest absolute Gasteiger partial charge is 0.333 e. The van der Waals surface area contributed by atoms with Crippen LogP contribution in [0.2, 0.25) is 0 Å². The highest BCUT2D eigenvalue weighted by molar-refractivity contribution is 14.1. The zero-order valence-corrected chi connectivity index (χ0v) is 15.7. The van der Waals surface area contributed by atoms with Gasteiger partial charge in [-0.25, -0.2) is 23.4 Å². The molecule has 27 heavy (non-hydrogen) atoms. The van der Waals surface area contributed by atoms with E-state index in [0.29, 0.717) is 3.57 Å². The van der Waals surface area contributed by atoms with Crippen LogP contribution in [0.25, 0.3) is 0 Å². The molecule has 0 aliphatic rings. The van der Waals surface area contributed by atoms with E-state index >= 15 is 0 Å². The number of anilines is 2. The van der Waals surface area contributed by atoms with Gasteiger partial charge in [0.2, 0.25) is 0 Å². The molecule has 11 heteroatoms. The molecule has 7 nitrogen and oxygen atoms in total. The summed E-state index contributed by atoms with van der Waals surface area (Å²) in [7, 11) is 0. The number of carbonyl (C=O) groups is 2. The normalized spacial score (nSPS) is 10.3. The molecule has 0 aliphatic carbocycles. The van der Waals surface area contributed by atoms with Gasteiger partial charge in [-0.05, 0) is 52.9 Å². The van der Waals surface area contributed by atoms with Gasteiger partial charge in [-0.15, -0.1) is 0 Å². The lowest BCUT2D eigenvalue weighted by Gasteiger charge is -2.15. The van der Waals surface area contributed by atoms with E-state index in [1.807, 2.05) is 33.4 Å². The number of hydrazine groups is 1. The van der Waals surface area contributed by atoms with Gasteiger partial charge in [0.1, 0.15) is 5.82 Å². The van der Waals surface area contributed by atoms with E-state index in [1.54, 1.807) is 0 Å². The van der Waals surface area contributed by atoms with Crippen molar-refractivity contribution in [3.05, 3.63) is 56.9 Å².